The standard InChI is InChI=1S/C28H24FN9O3/c29-21-10-8-18(9-11-21)17-40-22-6-3-4-19(14-22)15-31-33-28(39)25-24(38(36-32-25)27-26(30)34-41-35-27)16-37-13-12-20-5-1-2-7-23(20)37/h1-11,14-15H,12-13,16-17H2,(H2,30,34)(H,33,39)/b31-15+. The van der Waals surface area contributed by atoms with Crippen LogP contribution in [-0.4, -0.2) is 44.0 Å². The molecule has 0 bridgehead atoms. The van der Waals surface area contributed by atoms with E-state index in [-0.39, 0.29) is 29.8 Å². The third-order valence-corrected chi connectivity index (χ3v) is 6.56. The number of carbonyl (C=O) groups is 1. The van der Waals surface area contributed by atoms with Crippen LogP contribution < -0.4 is 20.8 Å². The highest BCUT2D eigenvalue weighted by molar-refractivity contribution is 5.94. The van der Waals surface area contributed by atoms with Crippen LogP contribution in [-0.2, 0) is 19.6 Å². The molecule has 0 radical (unpaired) electrons. The van der Waals surface area contributed by atoms with Crippen molar-refractivity contribution < 1.29 is 18.6 Å². The van der Waals surface area contributed by atoms with Crippen LogP contribution in [0.3, 0.4) is 0 Å². The molecule has 12 nitrogen and oxygen atoms in total. The Labute approximate surface area is 233 Å². The van der Waals surface area contributed by atoms with Crippen molar-refractivity contribution in [1.29, 1.82) is 0 Å². The first-order valence-electron chi connectivity index (χ1n) is 12.7. The summed E-state index contributed by atoms with van der Waals surface area (Å²) in [5.74, 6) is -0.109. The second kappa shape index (κ2) is 11.3. The molecule has 6 rings (SSSR count). The molecule has 1 aliphatic heterocycles. The van der Waals surface area contributed by atoms with E-state index in [1.807, 2.05) is 24.3 Å². The fourth-order valence-corrected chi connectivity index (χ4v) is 4.53. The summed E-state index contributed by atoms with van der Waals surface area (Å²) in [4.78, 5) is 15.3. The van der Waals surface area contributed by atoms with Gasteiger partial charge in [-0.3, -0.25) is 4.79 Å². The Bertz CT molecular complexity index is 1720. The predicted octanol–water partition coefficient (Wildman–Crippen LogP) is 3.28. The minimum Gasteiger partial charge on any atom is -0.489 e. The van der Waals surface area contributed by atoms with Crippen molar-refractivity contribution in [3.05, 3.63) is 107 Å². The van der Waals surface area contributed by atoms with Gasteiger partial charge in [-0.2, -0.15) is 9.78 Å². The number of amides is 1. The molecule has 0 fully saturated rings. The van der Waals surface area contributed by atoms with Gasteiger partial charge in [-0.1, -0.05) is 47.7 Å². The van der Waals surface area contributed by atoms with Crippen molar-refractivity contribution >= 4 is 23.6 Å². The zero-order valence-electron chi connectivity index (χ0n) is 21.6. The zero-order valence-corrected chi connectivity index (χ0v) is 21.6. The van der Waals surface area contributed by atoms with Crippen molar-refractivity contribution in [2.45, 2.75) is 19.6 Å². The second-order valence-electron chi connectivity index (χ2n) is 9.26. The molecule has 5 aromatic rings. The van der Waals surface area contributed by atoms with E-state index in [2.05, 4.69) is 42.1 Å². The number of hydrogen-bond acceptors (Lipinski definition) is 10. The summed E-state index contributed by atoms with van der Waals surface area (Å²) in [7, 11) is 0. The van der Waals surface area contributed by atoms with Crippen LogP contribution in [0.25, 0.3) is 5.82 Å². The number of nitrogens with one attached hydrogen (secondary N) is 1. The first-order chi connectivity index (χ1) is 20.0. The smallest absolute Gasteiger partial charge is 0.293 e. The molecule has 3 heterocycles. The number of benzene rings is 3. The maximum absolute atomic E-state index is 13.2. The number of halogens is 1. The summed E-state index contributed by atoms with van der Waals surface area (Å²) in [6.45, 7) is 1.36. The summed E-state index contributed by atoms with van der Waals surface area (Å²) in [5.41, 5.74) is 12.8. The van der Waals surface area contributed by atoms with Crippen LogP contribution in [0.4, 0.5) is 15.9 Å². The van der Waals surface area contributed by atoms with Gasteiger partial charge >= 0.3 is 0 Å². The number of nitrogens with zero attached hydrogens (tertiary/aromatic N) is 7. The number of ether oxygens (including phenoxy) is 1. The van der Waals surface area contributed by atoms with E-state index in [1.54, 1.807) is 30.3 Å². The molecule has 0 unspecified atom stereocenters. The highest BCUT2D eigenvalue weighted by Gasteiger charge is 2.28. The number of aromatic nitrogens is 5. The van der Waals surface area contributed by atoms with Crippen LogP contribution in [0.5, 0.6) is 5.75 Å². The number of anilines is 2. The highest BCUT2D eigenvalue weighted by atomic mass is 19.1. The number of hydrazone groups is 1. The quantitative estimate of drug-likeness (QED) is 0.207. The van der Waals surface area contributed by atoms with Gasteiger partial charge < -0.3 is 15.4 Å². The Morgan fingerprint density at radius 1 is 1.12 bits per heavy atom. The number of rotatable bonds is 9. The van der Waals surface area contributed by atoms with Gasteiger partial charge in [-0.05, 0) is 63.8 Å². The Hall–Kier alpha value is -5.59. The van der Waals surface area contributed by atoms with Gasteiger partial charge in [0.25, 0.3) is 5.91 Å². The molecule has 3 aromatic carbocycles. The SMILES string of the molecule is Nc1nonc1-n1nnc(C(=O)N/N=C/c2cccc(OCc3ccc(F)cc3)c2)c1CN1CCc2ccccc21. The lowest BCUT2D eigenvalue weighted by molar-refractivity contribution is 0.0949. The molecule has 0 atom stereocenters. The molecule has 41 heavy (non-hydrogen) atoms. The number of nitrogen functional groups attached to an aromatic ring is 1. The third-order valence-electron chi connectivity index (χ3n) is 6.56. The lowest BCUT2D eigenvalue weighted by atomic mass is 10.2. The molecular weight excluding hydrogens is 529 g/mol. The van der Waals surface area contributed by atoms with Crippen LogP contribution in [0.1, 0.15) is 32.9 Å². The van der Waals surface area contributed by atoms with Crippen molar-refractivity contribution in [3.63, 3.8) is 0 Å². The van der Waals surface area contributed by atoms with E-state index < -0.39 is 5.91 Å². The lowest BCUT2D eigenvalue weighted by Crippen LogP contribution is -2.26. The average Bonchev–Trinajstić information content (AvgIpc) is 3.72. The summed E-state index contributed by atoms with van der Waals surface area (Å²) in [6, 6.07) is 21.4. The Balaban J connectivity index is 1.17. The summed E-state index contributed by atoms with van der Waals surface area (Å²) in [6.07, 6.45) is 2.37. The fourth-order valence-electron chi connectivity index (χ4n) is 4.53. The first-order valence-corrected chi connectivity index (χ1v) is 12.7. The molecule has 206 valence electrons. The van der Waals surface area contributed by atoms with Gasteiger partial charge in [-0.15, -0.1) is 5.10 Å². The summed E-state index contributed by atoms with van der Waals surface area (Å²) < 4.78 is 25.0. The molecule has 0 saturated heterocycles. The van der Waals surface area contributed by atoms with Gasteiger partial charge in [-0.25, -0.2) is 14.4 Å². The summed E-state index contributed by atoms with van der Waals surface area (Å²) in [5, 5.41) is 19.8. The molecule has 0 aliphatic carbocycles. The zero-order chi connectivity index (χ0) is 28.2. The van der Waals surface area contributed by atoms with Crippen molar-refractivity contribution in [3.8, 4) is 11.6 Å². The Morgan fingerprint density at radius 3 is 2.80 bits per heavy atom. The van der Waals surface area contributed by atoms with E-state index in [0.717, 1.165) is 24.2 Å². The maximum atomic E-state index is 13.2. The monoisotopic (exact) mass is 553 g/mol. The Morgan fingerprint density at radius 2 is 1.98 bits per heavy atom. The lowest BCUT2D eigenvalue weighted by Gasteiger charge is -2.19. The van der Waals surface area contributed by atoms with Gasteiger partial charge in [0.1, 0.15) is 18.2 Å². The fraction of sp³-hybridized carbons (Fsp3) is 0.143. The maximum Gasteiger partial charge on any atom is 0.293 e. The van der Waals surface area contributed by atoms with Gasteiger partial charge in [0.15, 0.2) is 5.69 Å². The highest BCUT2D eigenvalue weighted by Crippen LogP contribution is 2.30. The first kappa shape index (κ1) is 25.7. The van der Waals surface area contributed by atoms with Crippen LogP contribution in [0.2, 0.25) is 0 Å². The third kappa shape index (κ3) is 5.59. The molecule has 0 saturated carbocycles. The van der Waals surface area contributed by atoms with Crippen molar-refractivity contribution in [1.82, 2.24) is 30.7 Å². The number of hydrogen-bond donors (Lipinski definition) is 2. The molecular formula is C28H24FN9O3. The normalized spacial score (nSPS) is 12.6. The van der Waals surface area contributed by atoms with Gasteiger partial charge in [0.05, 0.1) is 18.5 Å². The van der Waals surface area contributed by atoms with E-state index in [9.17, 15) is 9.18 Å². The molecule has 13 heteroatoms. The number of fused-ring (bicyclic) bond motifs is 1. The molecule has 0 spiro atoms. The largest absolute Gasteiger partial charge is 0.489 e. The van der Waals surface area contributed by atoms with E-state index in [0.29, 0.717) is 23.6 Å². The van der Waals surface area contributed by atoms with Crippen molar-refractivity contribution in [2.24, 2.45) is 5.10 Å². The van der Waals surface area contributed by atoms with E-state index in [4.69, 9.17) is 15.1 Å². The number of nitrogens with two attached hydrogens (primary N) is 1. The van der Waals surface area contributed by atoms with Crippen molar-refractivity contribution in [2.75, 3.05) is 17.2 Å². The van der Waals surface area contributed by atoms with Crippen LogP contribution >= 0.6 is 0 Å². The minimum absolute atomic E-state index is 0.0180. The van der Waals surface area contributed by atoms with Gasteiger partial charge in [0.2, 0.25) is 11.6 Å². The van der Waals surface area contributed by atoms with E-state index >= 15 is 0 Å². The molecule has 1 aliphatic rings. The number of carbonyl (C=O) groups excluding carboxylic acids is 1. The number of para-hydroxylation sites is 1. The van der Waals surface area contributed by atoms with E-state index in [1.165, 1.54) is 28.6 Å². The second-order valence-corrected chi connectivity index (χ2v) is 9.26. The Kier molecular flexibility index (Phi) is 7.05. The van der Waals surface area contributed by atoms with Gasteiger partial charge in [0, 0.05) is 12.2 Å². The topological polar surface area (TPSA) is 150 Å². The average molecular weight is 554 g/mol. The van der Waals surface area contributed by atoms with Crippen LogP contribution in [0.15, 0.2) is 82.5 Å². The molecule has 1 amide bonds. The molecule has 3 N–H and O–H groups in total. The predicted molar refractivity (Wildman–Crippen MR) is 147 cm³/mol. The van der Waals surface area contributed by atoms with Crippen LogP contribution in [0, 0.1) is 5.82 Å². The summed E-state index contributed by atoms with van der Waals surface area (Å²) >= 11 is 0. The minimum atomic E-state index is -0.561. The molecule has 2 aromatic heterocycles.